The van der Waals surface area contributed by atoms with E-state index in [2.05, 4.69) is 10.3 Å². The van der Waals surface area contributed by atoms with Crippen molar-refractivity contribution in [2.45, 2.75) is 31.7 Å². The second-order valence-electron chi connectivity index (χ2n) is 6.76. The van der Waals surface area contributed by atoms with Gasteiger partial charge in [-0.1, -0.05) is 6.42 Å². The third-order valence-electron chi connectivity index (χ3n) is 4.54. The van der Waals surface area contributed by atoms with E-state index in [1.807, 2.05) is 0 Å². The standard InChI is InChI=1S/C18H27N3O4/c1-18(10-22,11-23)21-17(24)16(20-2)14-8-13(6-7-15(14)19)25-9-12-4-3-5-12/h6-8,12,22-23H,3-5,9-11,19H2,1-2H3,(H,21,24). The van der Waals surface area contributed by atoms with E-state index in [0.29, 0.717) is 29.5 Å². The lowest BCUT2D eigenvalue weighted by atomic mass is 9.86. The molecule has 0 saturated heterocycles. The first-order valence-electron chi connectivity index (χ1n) is 8.46. The van der Waals surface area contributed by atoms with Crippen LogP contribution in [0.4, 0.5) is 5.69 Å². The maximum absolute atomic E-state index is 12.5. The van der Waals surface area contributed by atoms with Gasteiger partial charge in [0.05, 0.1) is 25.4 Å². The number of aliphatic hydroxyl groups is 2. The van der Waals surface area contributed by atoms with Crippen LogP contribution in [0.5, 0.6) is 5.75 Å². The molecular weight excluding hydrogens is 322 g/mol. The number of carbonyl (C=O) groups excluding carboxylic acids is 1. The maximum atomic E-state index is 12.5. The summed E-state index contributed by atoms with van der Waals surface area (Å²) in [5.41, 5.74) is 5.86. The van der Waals surface area contributed by atoms with Crippen molar-refractivity contribution >= 4 is 17.3 Å². The number of nitrogens with zero attached hydrogens (tertiary/aromatic N) is 1. The Balaban J connectivity index is 2.16. The van der Waals surface area contributed by atoms with Crippen molar-refractivity contribution in [3.63, 3.8) is 0 Å². The van der Waals surface area contributed by atoms with Gasteiger partial charge in [-0.2, -0.15) is 0 Å². The minimum Gasteiger partial charge on any atom is -0.493 e. The molecule has 0 radical (unpaired) electrons. The molecule has 7 nitrogen and oxygen atoms in total. The van der Waals surface area contributed by atoms with Gasteiger partial charge >= 0.3 is 0 Å². The predicted octanol–water partition coefficient (Wildman–Crippen LogP) is 0.726. The monoisotopic (exact) mass is 349 g/mol. The first kappa shape index (κ1) is 19.2. The Labute approximate surface area is 147 Å². The van der Waals surface area contributed by atoms with Gasteiger partial charge in [-0.3, -0.25) is 9.79 Å². The van der Waals surface area contributed by atoms with Crippen LogP contribution in [0.15, 0.2) is 23.2 Å². The number of nitrogens with one attached hydrogen (secondary N) is 1. The zero-order chi connectivity index (χ0) is 18.4. The smallest absolute Gasteiger partial charge is 0.270 e. The van der Waals surface area contributed by atoms with E-state index >= 15 is 0 Å². The van der Waals surface area contributed by atoms with Crippen LogP contribution in [-0.4, -0.2) is 54.2 Å². The second kappa shape index (κ2) is 8.31. The molecule has 2 rings (SSSR count). The molecule has 7 heteroatoms. The number of anilines is 1. The van der Waals surface area contributed by atoms with Crippen LogP contribution < -0.4 is 15.8 Å². The average Bonchev–Trinajstić information content (AvgIpc) is 2.56. The molecule has 0 unspecified atom stereocenters. The van der Waals surface area contributed by atoms with Crippen molar-refractivity contribution in [2.75, 3.05) is 32.6 Å². The number of amides is 1. The summed E-state index contributed by atoms with van der Waals surface area (Å²) in [6.45, 7) is 1.40. The Kier molecular flexibility index (Phi) is 6.39. The summed E-state index contributed by atoms with van der Waals surface area (Å²) in [6, 6.07) is 5.15. The molecule has 5 N–H and O–H groups in total. The molecule has 1 aliphatic rings. The van der Waals surface area contributed by atoms with E-state index in [1.54, 1.807) is 25.1 Å². The lowest BCUT2D eigenvalue weighted by Gasteiger charge is -2.27. The van der Waals surface area contributed by atoms with Crippen molar-refractivity contribution < 1.29 is 19.7 Å². The van der Waals surface area contributed by atoms with Crippen molar-refractivity contribution in [1.29, 1.82) is 0 Å². The molecule has 1 aromatic rings. The number of ether oxygens (including phenoxy) is 1. The van der Waals surface area contributed by atoms with Crippen LogP contribution in [0.25, 0.3) is 0 Å². The summed E-state index contributed by atoms with van der Waals surface area (Å²) in [7, 11) is 1.49. The zero-order valence-electron chi connectivity index (χ0n) is 14.8. The first-order chi connectivity index (χ1) is 11.9. The lowest BCUT2D eigenvalue weighted by Crippen LogP contribution is -2.53. The summed E-state index contributed by atoms with van der Waals surface area (Å²) in [5, 5.41) is 21.3. The molecule has 1 fully saturated rings. The normalized spacial score (nSPS) is 15.6. The number of nitrogens with two attached hydrogens (primary N) is 1. The Morgan fingerprint density at radius 2 is 2.08 bits per heavy atom. The van der Waals surface area contributed by atoms with Gasteiger partial charge in [-0.05, 0) is 43.9 Å². The Morgan fingerprint density at radius 3 is 2.60 bits per heavy atom. The molecule has 0 bridgehead atoms. The molecule has 0 spiro atoms. The van der Waals surface area contributed by atoms with Gasteiger partial charge in [-0.15, -0.1) is 0 Å². The highest BCUT2D eigenvalue weighted by atomic mass is 16.5. The van der Waals surface area contributed by atoms with Crippen molar-refractivity contribution in [1.82, 2.24) is 5.32 Å². The number of aliphatic hydroxyl groups excluding tert-OH is 2. The van der Waals surface area contributed by atoms with Gasteiger partial charge in [0.2, 0.25) is 0 Å². The van der Waals surface area contributed by atoms with Crippen molar-refractivity contribution in [2.24, 2.45) is 10.9 Å². The zero-order valence-corrected chi connectivity index (χ0v) is 14.8. The third-order valence-corrected chi connectivity index (χ3v) is 4.54. The van der Waals surface area contributed by atoms with Crippen LogP contribution >= 0.6 is 0 Å². The van der Waals surface area contributed by atoms with Crippen LogP contribution in [0.2, 0.25) is 0 Å². The van der Waals surface area contributed by atoms with Crippen LogP contribution in [0, 0.1) is 5.92 Å². The minimum absolute atomic E-state index is 0.125. The molecule has 1 saturated carbocycles. The number of nitrogen functional groups attached to an aromatic ring is 1. The fourth-order valence-electron chi connectivity index (χ4n) is 2.51. The molecule has 138 valence electrons. The van der Waals surface area contributed by atoms with Gasteiger partial charge in [0.25, 0.3) is 5.91 Å². The van der Waals surface area contributed by atoms with Crippen molar-refractivity contribution in [3.8, 4) is 5.75 Å². The Hall–Kier alpha value is -2.12. The highest BCUT2D eigenvalue weighted by Crippen LogP contribution is 2.28. The quantitative estimate of drug-likeness (QED) is 0.408. The van der Waals surface area contributed by atoms with E-state index in [1.165, 1.54) is 26.3 Å². The van der Waals surface area contributed by atoms with E-state index in [9.17, 15) is 15.0 Å². The van der Waals surface area contributed by atoms with E-state index in [4.69, 9.17) is 10.5 Å². The number of rotatable bonds is 8. The van der Waals surface area contributed by atoms with Gasteiger partial charge in [0.1, 0.15) is 11.5 Å². The Bertz CT molecular complexity index is 637. The summed E-state index contributed by atoms with van der Waals surface area (Å²) >= 11 is 0. The molecule has 0 aromatic heterocycles. The minimum atomic E-state index is -1.14. The fourth-order valence-corrected chi connectivity index (χ4v) is 2.51. The number of benzene rings is 1. The first-order valence-corrected chi connectivity index (χ1v) is 8.46. The van der Waals surface area contributed by atoms with E-state index in [0.717, 1.165) is 0 Å². The number of hydrogen-bond donors (Lipinski definition) is 4. The number of hydrogen-bond acceptors (Lipinski definition) is 6. The van der Waals surface area contributed by atoms with Gasteiger partial charge in [-0.25, -0.2) is 0 Å². The van der Waals surface area contributed by atoms with Gasteiger partial charge < -0.3 is 26.0 Å². The summed E-state index contributed by atoms with van der Waals surface area (Å²) in [4.78, 5) is 16.6. The van der Waals surface area contributed by atoms with Crippen LogP contribution in [0.3, 0.4) is 0 Å². The molecule has 0 heterocycles. The molecule has 25 heavy (non-hydrogen) atoms. The van der Waals surface area contributed by atoms with Gasteiger partial charge in [0, 0.05) is 18.3 Å². The van der Waals surface area contributed by atoms with E-state index < -0.39 is 24.7 Å². The summed E-state index contributed by atoms with van der Waals surface area (Å²) < 4.78 is 5.80. The van der Waals surface area contributed by atoms with Crippen LogP contribution in [-0.2, 0) is 4.79 Å². The highest BCUT2D eigenvalue weighted by molar-refractivity contribution is 6.46. The highest BCUT2D eigenvalue weighted by Gasteiger charge is 2.28. The van der Waals surface area contributed by atoms with Crippen LogP contribution in [0.1, 0.15) is 31.7 Å². The topological polar surface area (TPSA) is 117 Å². The van der Waals surface area contributed by atoms with E-state index in [-0.39, 0.29) is 5.71 Å². The molecule has 0 atom stereocenters. The SMILES string of the molecule is CN=C(C(=O)NC(C)(CO)CO)c1cc(OCC2CCC2)ccc1N. The Morgan fingerprint density at radius 1 is 1.40 bits per heavy atom. The largest absolute Gasteiger partial charge is 0.493 e. The number of carbonyl (C=O) groups is 1. The summed E-state index contributed by atoms with van der Waals surface area (Å²) in [5.74, 6) is 0.714. The maximum Gasteiger partial charge on any atom is 0.270 e. The summed E-state index contributed by atoms with van der Waals surface area (Å²) in [6.07, 6.45) is 3.63. The molecule has 0 aliphatic heterocycles. The van der Waals surface area contributed by atoms with Gasteiger partial charge in [0.15, 0.2) is 0 Å². The van der Waals surface area contributed by atoms with Crippen molar-refractivity contribution in [3.05, 3.63) is 23.8 Å². The molecular formula is C18H27N3O4. The lowest BCUT2D eigenvalue weighted by molar-refractivity contribution is -0.117. The molecule has 1 aromatic carbocycles. The predicted molar refractivity (Wildman–Crippen MR) is 96.9 cm³/mol. The molecule has 1 amide bonds. The average molecular weight is 349 g/mol. The third kappa shape index (κ3) is 4.70. The number of aliphatic imine (C=N–C) groups is 1. The molecule has 1 aliphatic carbocycles. The fraction of sp³-hybridized carbons (Fsp3) is 0.556. The second-order valence-corrected chi connectivity index (χ2v) is 6.76.